The molecule has 2 heterocycles. The zero-order valence-corrected chi connectivity index (χ0v) is 30.9. The lowest BCUT2D eigenvalue weighted by Gasteiger charge is -2.25. The number of nitrogens with zero attached hydrogens (tertiary/aromatic N) is 2. The summed E-state index contributed by atoms with van der Waals surface area (Å²) in [4.78, 5) is 33.0. The highest BCUT2D eigenvalue weighted by Crippen LogP contribution is 2.18. The Kier molecular flexibility index (Phi) is 20.8. The maximum absolute atomic E-state index is 10.2. The van der Waals surface area contributed by atoms with Crippen LogP contribution in [0.1, 0.15) is 0 Å². The fourth-order valence-corrected chi connectivity index (χ4v) is 17.1. The van der Waals surface area contributed by atoms with Crippen molar-refractivity contribution in [2.75, 3.05) is 0 Å². The third-order valence-electron chi connectivity index (χ3n) is 3.16. The molecule has 0 spiro atoms. The fourth-order valence-electron chi connectivity index (χ4n) is 2.99. The normalized spacial score (nSPS) is 11.3. The Labute approximate surface area is 242 Å². The first-order chi connectivity index (χ1) is 16.7. The van der Waals surface area contributed by atoms with Gasteiger partial charge in [-0.05, 0) is 39.3 Å². The molecule has 0 atom stereocenters. The average Bonchev–Trinajstić information content (AvgIpc) is 2.55. The topological polar surface area (TPSA) is 255 Å². The number of rotatable bonds is 6. The first-order valence-corrected chi connectivity index (χ1v) is 27.5. The highest BCUT2D eigenvalue weighted by atomic mass is 32.3. The Morgan fingerprint density at radius 3 is 1.50 bits per heavy atom. The van der Waals surface area contributed by atoms with E-state index in [1.54, 1.807) is 17.9 Å². The summed E-state index contributed by atoms with van der Waals surface area (Å²) in [5.41, 5.74) is 0.714. The van der Waals surface area contributed by atoms with Crippen LogP contribution < -0.4 is 32.4 Å². The highest BCUT2D eigenvalue weighted by Gasteiger charge is 2.23. The third-order valence-corrected chi connectivity index (χ3v) is 13.3. The summed E-state index contributed by atoms with van der Waals surface area (Å²) in [6.07, 6.45) is 2.97. The molecule has 2 aromatic rings. The second-order valence-electron chi connectivity index (χ2n) is 12.6. The van der Waals surface area contributed by atoms with Crippen molar-refractivity contribution in [3.05, 3.63) is 45.4 Å². The minimum atomic E-state index is -4.67. The largest absolute Gasteiger partial charge is 0.531 e. The first-order valence-electron chi connectivity index (χ1n) is 11.8. The summed E-state index contributed by atoms with van der Waals surface area (Å²) in [6.45, 7) is 27.4. The van der Waals surface area contributed by atoms with Crippen molar-refractivity contribution < 1.29 is 26.4 Å². The van der Waals surface area contributed by atoms with E-state index in [1.165, 1.54) is 12.3 Å². The zero-order chi connectivity index (χ0) is 30.6. The van der Waals surface area contributed by atoms with Gasteiger partial charge in [-0.15, -0.1) is 0 Å². The van der Waals surface area contributed by atoms with Crippen molar-refractivity contribution in [1.82, 2.24) is 32.2 Å². The van der Waals surface area contributed by atoms with Crippen LogP contribution in [0.3, 0.4) is 0 Å². The van der Waals surface area contributed by atoms with Gasteiger partial charge >= 0.3 is 22.1 Å². The predicted octanol–water partition coefficient (Wildman–Crippen LogP) is 4.84. The average molecular weight is 661 g/mol. The van der Waals surface area contributed by atoms with Crippen LogP contribution in [0, 0.1) is 0 Å². The van der Waals surface area contributed by atoms with Gasteiger partial charge in [0.05, 0.1) is 0 Å². The van der Waals surface area contributed by atoms with E-state index in [2.05, 4.69) is 93.5 Å². The molecule has 0 aliphatic carbocycles. The molecule has 0 aromatic carbocycles. The number of hydrogen-bond donors (Lipinski definition) is 6. The summed E-state index contributed by atoms with van der Waals surface area (Å²) < 4.78 is 43.1. The molecule has 0 aliphatic rings. The van der Waals surface area contributed by atoms with Crippen LogP contribution >= 0.6 is 0 Å². The van der Waals surface area contributed by atoms with Gasteiger partial charge in [0.1, 0.15) is 0 Å². The molecule has 40 heavy (non-hydrogen) atoms. The van der Waals surface area contributed by atoms with E-state index >= 15 is 0 Å². The van der Waals surface area contributed by atoms with Crippen molar-refractivity contribution >= 4 is 43.2 Å². The lowest BCUT2D eigenvalue weighted by atomic mass is 10.6. The van der Waals surface area contributed by atoms with Gasteiger partial charge in [0.25, 0.3) is 5.56 Å². The second kappa shape index (κ2) is 18.5. The van der Waals surface area contributed by atoms with Crippen molar-refractivity contribution in [2.45, 2.75) is 84.2 Å². The number of aromatic amines is 2. The molecule has 236 valence electrons. The lowest BCUT2D eigenvalue weighted by Crippen LogP contribution is -2.34. The lowest BCUT2D eigenvalue weighted by molar-refractivity contribution is 0.381. The fraction of sp³-hybridized carbons (Fsp3) is 0.619. The smallest absolute Gasteiger partial charge is 0.394 e. The molecule has 0 amide bonds. The molecule has 14 nitrogen and oxygen atoms in total. The first kappa shape index (κ1) is 45.0. The van der Waals surface area contributed by atoms with Crippen LogP contribution in [-0.4, -0.2) is 70.2 Å². The minimum absolute atomic E-state index is 0. The summed E-state index contributed by atoms with van der Waals surface area (Å²) >= 11 is 0. The van der Waals surface area contributed by atoms with E-state index < -0.39 is 48.9 Å². The molecule has 2 aromatic heterocycles. The Balaban J connectivity index is -0.000000232. The van der Waals surface area contributed by atoms with E-state index in [9.17, 15) is 9.59 Å². The van der Waals surface area contributed by atoms with Gasteiger partial charge < -0.3 is 26.1 Å². The van der Waals surface area contributed by atoms with Crippen molar-refractivity contribution in [3.8, 4) is 11.9 Å². The van der Waals surface area contributed by atoms with E-state index in [-0.39, 0.29) is 17.9 Å². The van der Waals surface area contributed by atoms with Crippen molar-refractivity contribution in [3.63, 3.8) is 0 Å². The minimum Gasteiger partial charge on any atom is -0.531 e. The highest BCUT2D eigenvalue weighted by molar-refractivity contribution is 7.79. The second-order valence-corrected chi connectivity index (χ2v) is 34.1. The molecule has 0 radical (unpaired) electrons. The molecule has 0 saturated heterocycles. The maximum atomic E-state index is 10.2. The molecule has 0 aliphatic heterocycles. The molecule has 2 rings (SSSR count). The number of H-pyrrole nitrogens is 2. The van der Waals surface area contributed by atoms with Gasteiger partial charge in [-0.1, -0.05) is 44.9 Å². The van der Waals surface area contributed by atoms with Crippen molar-refractivity contribution in [1.29, 1.82) is 0 Å². The van der Waals surface area contributed by atoms with Crippen LogP contribution in [0.5, 0.6) is 11.9 Å². The van der Waals surface area contributed by atoms with Crippen molar-refractivity contribution in [2.24, 2.45) is 0 Å². The van der Waals surface area contributed by atoms with E-state index in [0.29, 0.717) is 11.9 Å². The van der Waals surface area contributed by atoms with Crippen LogP contribution in [-0.2, 0) is 10.4 Å². The summed E-state index contributed by atoms with van der Waals surface area (Å²) in [7, 11) is -9.39. The van der Waals surface area contributed by atoms with Crippen LogP contribution in [0.2, 0.25) is 84.2 Å². The third kappa shape index (κ3) is 38.2. The van der Waals surface area contributed by atoms with E-state index in [1.807, 2.05) is 4.98 Å². The zero-order valence-electron chi connectivity index (χ0n) is 26.1. The van der Waals surface area contributed by atoms with Gasteiger partial charge in [-0.2, -0.15) is 13.4 Å². The molecule has 0 bridgehead atoms. The Morgan fingerprint density at radius 2 is 1.23 bits per heavy atom. The van der Waals surface area contributed by atoms with E-state index in [0.717, 1.165) is 0 Å². The quantitative estimate of drug-likeness (QED) is 0.180. The van der Waals surface area contributed by atoms with Gasteiger partial charge in [-0.3, -0.25) is 18.9 Å². The molecule has 0 unspecified atom stereocenters. The van der Waals surface area contributed by atoms with Crippen LogP contribution in [0.25, 0.3) is 0 Å². The monoisotopic (exact) mass is 660 g/mol. The summed E-state index contributed by atoms with van der Waals surface area (Å²) in [5.74, 6) is 0.613. The van der Waals surface area contributed by atoms with Gasteiger partial charge in [0.2, 0.25) is 22.5 Å². The standard InChI is InChI=1S/C10H20N2O2Si2.C7H20Si2.C4H4N2O2.2H3N.H2O4S/c1-15(2,3)13-9-7-8-11-10(12-9)14-16(4,5)6;1-8(2,3)7-9(4,5)6;7-3-1-2-5-4(8)6-3;;;1-5(2,3)4/h7-8H,1-6H3;7H2,1-6H3;1-2H,(H2,5,6,7,8);2*1H3;(H2,1,2,3,4). The molecular weight excluding hydrogens is 609 g/mol. The summed E-state index contributed by atoms with van der Waals surface area (Å²) in [6, 6.07) is 3.44. The molecule has 0 fully saturated rings. The van der Waals surface area contributed by atoms with Crippen LogP contribution in [0.15, 0.2) is 34.1 Å². The summed E-state index contributed by atoms with van der Waals surface area (Å²) in [5, 5.41) is 0. The number of aromatic nitrogens is 4. The SMILES string of the molecule is C[Si](C)(C)C[Si](C)(C)C.C[Si](C)(C)Oc1ccnc(O[Si](C)(C)C)n1.N.N.O=S(=O)(O)O.O=c1cc[nH]c(=O)[nH]1. The Bertz CT molecular complexity index is 1110. The van der Waals surface area contributed by atoms with Gasteiger partial charge in [0.15, 0.2) is 0 Å². The van der Waals surface area contributed by atoms with E-state index in [4.69, 9.17) is 26.4 Å². The van der Waals surface area contributed by atoms with Gasteiger partial charge in [-0.25, -0.2) is 9.78 Å². The molecule has 0 saturated carbocycles. The Morgan fingerprint density at radius 1 is 0.800 bits per heavy atom. The number of nitrogens with one attached hydrogen (secondary N) is 2. The maximum Gasteiger partial charge on any atom is 0.394 e. The molecule has 19 heteroatoms. The predicted molar refractivity (Wildman–Crippen MR) is 173 cm³/mol. The Hall–Kier alpha value is -1.98. The number of hydrogen-bond acceptors (Lipinski definition) is 10. The van der Waals surface area contributed by atoms with Crippen LogP contribution in [0.4, 0.5) is 0 Å². The molecule has 10 N–H and O–H groups in total. The molecular formula is C21H52N6O8SSi4. The van der Waals surface area contributed by atoms with Gasteiger partial charge in [0, 0.05) is 40.7 Å².